The van der Waals surface area contributed by atoms with E-state index in [1.807, 2.05) is 48.5 Å². The summed E-state index contributed by atoms with van der Waals surface area (Å²) in [6.45, 7) is 17.8. The summed E-state index contributed by atoms with van der Waals surface area (Å²) in [6, 6.07) is 8.31. The van der Waals surface area contributed by atoms with Crippen LogP contribution >= 0.6 is 48.0 Å². The molecule has 1 aliphatic heterocycles. The molecule has 354 valence electrons. The zero-order chi connectivity index (χ0) is 45.4. The van der Waals surface area contributed by atoms with Gasteiger partial charge in [0, 0.05) is 0 Å². The number of esters is 2. The van der Waals surface area contributed by atoms with Crippen LogP contribution in [0.2, 0.25) is 15.1 Å². The molecule has 0 aromatic heterocycles. The predicted molar refractivity (Wildman–Crippen MR) is 254 cm³/mol. The minimum absolute atomic E-state index is 0.0371. The molecular formula is C44H74BCo2NO9S4. The molecular weight excluding hydrogens is 943 g/mol. The minimum atomic E-state index is -0.972. The van der Waals surface area contributed by atoms with Gasteiger partial charge in [-0.2, -0.15) is 0 Å². The van der Waals surface area contributed by atoms with E-state index in [1.54, 1.807) is 25.9 Å². The first kappa shape index (κ1) is 56.7. The molecule has 1 heterocycles. The van der Waals surface area contributed by atoms with Crippen LogP contribution < -0.4 is 10.8 Å². The molecule has 0 spiro atoms. The quantitative estimate of drug-likeness (QED) is 0.0330. The van der Waals surface area contributed by atoms with Crippen molar-refractivity contribution in [3.05, 3.63) is 29.8 Å². The molecule has 61 heavy (non-hydrogen) atoms. The van der Waals surface area contributed by atoms with Crippen LogP contribution in [0.15, 0.2) is 24.3 Å². The Bertz CT molecular complexity index is 1440. The molecule has 10 nitrogen and oxygen atoms in total. The summed E-state index contributed by atoms with van der Waals surface area (Å²) >= 11 is 16.0. The molecule has 1 aliphatic rings. The van der Waals surface area contributed by atoms with Crippen LogP contribution in [0, 0.1) is 0 Å². The molecule has 0 amide bonds. The summed E-state index contributed by atoms with van der Waals surface area (Å²) in [4.78, 5) is 27.2. The van der Waals surface area contributed by atoms with Crippen LogP contribution in [0.25, 0.3) is 0 Å². The molecule has 1 saturated heterocycles. The van der Waals surface area contributed by atoms with E-state index in [0.717, 1.165) is 56.1 Å². The second-order valence-corrected chi connectivity index (χ2v) is 24.3. The van der Waals surface area contributed by atoms with Gasteiger partial charge in [0.15, 0.2) is 0 Å². The number of methoxy groups -OCH3 is 1. The summed E-state index contributed by atoms with van der Waals surface area (Å²) in [5.41, 5.74) is 1.09. The zero-order valence-electron chi connectivity index (χ0n) is 38.4. The fourth-order valence-corrected chi connectivity index (χ4v) is 12.4. The van der Waals surface area contributed by atoms with Gasteiger partial charge < -0.3 is 0 Å². The van der Waals surface area contributed by atoms with Crippen molar-refractivity contribution >= 4 is 81.2 Å². The van der Waals surface area contributed by atoms with Gasteiger partial charge in [-0.1, -0.05) is 32.6 Å². The average Bonchev–Trinajstić information content (AvgIpc) is 3.44. The number of benzene rings is 1. The number of unbranched alkanes of at least 4 members (excludes halogenated alkanes) is 9. The topological polar surface area (TPSA) is 111 Å². The van der Waals surface area contributed by atoms with Crippen LogP contribution in [0.4, 0.5) is 0 Å². The van der Waals surface area contributed by atoms with Crippen molar-refractivity contribution in [3.8, 4) is 0 Å². The molecule has 1 fully saturated rings. The fourth-order valence-electron chi connectivity index (χ4n) is 5.68. The van der Waals surface area contributed by atoms with Crippen molar-refractivity contribution in [1.82, 2.24) is 5.32 Å². The summed E-state index contributed by atoms with van der Waals surface area (Å²) in [5, 5.41) is 4.11. The number of hydrogen-bond donors (Lipinski definition) is 1. The second-order valence-electron chi connectivity index (χ2n) is 16.5. The molecule has 1 aromatic carbocycles. The fraction of sp³-hybridized carbons (Fsp3) is 0.773. The third-order valence-electron chi connectivity index (χ3n) is 10.3. The van der Waals surface area contributed by atoms with Gasteiger partial charge in [-0.3, -0.25) is 0 Å². The summed E-state index contributed by atoms with van der Waals surface area (Å²) in [7, 11) is 2.81. The van der Waals surface area contributed by atoms with Crippen LogP contribution in [0.1, 0.15) is 130 Å². The second kappa shape index (κ2) is 30.0. The molecule has 1 N–H and O–H groups in total. The van der Waals surface area contributed by atoms with Gasteiger partial charge in [0.2, 0.25) is 0 Å². The maximum absolute atomic E-state index is 14.0. The molecule has 1 aromatic rings. The predicted octanol–water partition coefficient (Wildman–Crippen LogP) is 9.93. The first-order valence-electron chi connectivity index (χ1n) is 21.5. The molecule has 0 radical (unpaired) electrons. The number of carbonyl (C=O) groups excluding carboxylic acids is 2. The Morgan fingerprint density at radius 2 is 1.34 bits per heavy atom. The molecule has 0 saturated carbocycles. The van der Waals surface area contributed by atoms with Crippen LogP contribution in [-0.2, 0) is 72.0 Å². The van der Waals surface area contributed by atoms with E-state index in [-0.39, 0.29) is 41.8 Å². The van der Waals surface area contributed by atoms with E-state index in [4.69, 9.17) is 57.4 Å². The first-order valence-corrected chi connectivity index (χ1v) is 26.8. The van der Waals surface area contributed by atoms with Gasteiger partial charge in [-0.25, -0.2) is 0 Å². The van der Waals surface area contributed by atoms with Gasteiger partial charge in [0.05, 0.1) is 0 Å². The van der Waals surface area contributed by atoms with Crippen molar-refractivity contribution in [2.24, 2.45) is 0 Å². The van der Waals surface area contributed by atoms with E-state index in [2.05, 4.69) is 36.5 Å². The first-order chi connectivity index (χ1) is 28.9. The van der Waals surface area contributed by atoms with Gasteiger partial charge in [0.25, 0.3) is 0 Å². The SMILES string of the molecule is CCCCCCCCCCCCSC(=S)SC(C)([CH2][Co][CH]([CH2][Co][C](C)(C)C(=O)OCCOCCOC)c1ccc(B2OC(C)(C)C(C)(C)O2)cc1)C(=O)OCCOC(=S)NC. The van der Waals surface area contributed by atoms with Crippen molar-refractivity contribution < 1.29 is 72.0 Å². The third-order valence-corrected chi connectivity index (χ3v) is 17.8. The van der Waals surface area contributed by atoms with Crippen molar-refractivity contribution in [2.75, 3.05) is 59.6 Å². The number of hydrogen-bond acceptors (Lipinski definition) is 13. The molecule has 2 unspecified atom stereocenters. The monoisotopic (exact) mass is 1020 g/mol. The third kappa shape index (κ3) is 21.6. The Kier molecular flexibility index (Phi) is 27.8. The standard InChI is InChI=1S/C21H38NO3S4.C14H19BO2.C9H17O4.2Co/c1-5-6-7-8-9-10-11-12-13-14-17-28-20(27)29-21(2,3)18(23)24-15-16-25-19(26)22-4;1-6-11-7-9-12(10-8-11)15-16-13(2,3)14(4,5)17-15;1-8(2)9(10)13-7-6-12-5-4-11-3;;/h2,5-17H2,1,3-4H3,(H,22,26);6-10H,1H2,2-5H3;4-7H2,1-3H3;;. The van der Waals surface area contributed by atoms with Gasteiger partial charge >= 0.3 is 371 Å². The Labute approximate surface area is 400 Å². The van der Waals surface area contributed by atoms with Gasteiger partial charge in [0.1, 0.15) is 0 Å². The maximum atomic E-state index is 14.0. The number of thiocarbonyl (C=S) groups is 2. The molecule has 0 bridgehead atoms. The molecule has 2 atom stereocenters. The van der Waals surface area contributed by atoms with Crippen molar-refractivity contribution in [2.45, 2.75) is 155 Å². The number of rotatable bonds is 31. The van der Waals surface area contributed by atoms with E-state index in [0.29, 0.717) is 30.5 Å². The van der Waals surface area contributed by atoms with Crippen LogP contribution in [0.5, 0.6) is 0 Å². The Balaban J connectivity index is 2.21. The van der Waals surface area contributed by atoms with E-state index in [9.17, 15) is 9.59 Å². The van der Waals surface area contributed by atoms with Crippen molar-refractivity contribution in [3.63, 3.8) is 0 Å². The number of carbonyl (C=O) groups is 2. The van der Waals surface area contributed by atoms with E-state index >= 15 is 0 Å². The van der Waals surface area contributed by atoms with E-state index in [1.165, 1.54) is 69.5 Å². The number of ether oxygens (including phenoxy) is 5. The normalized spacial score (nSPS) is 16.3. The zero-order valence-corrected chi connectivity index (χ0v) is 43.7. The molecule has 2 rings (SSSR count). The number of nitrogens with one attached hydrogen (secondary N) is 1. The van der Waals surface area contributed by atoms with Gasteiger partial charge in [-0.15, -0.1) is 0 Å². The molecule has 0 aliphatic carbocycles. The molecule has 17 heteroatoms. The Hall–Kier alpha value is -0.442. The Morgan fingerprint density at radius 1 is 0.803 bits per heavy atom. The summed E-state index contributed by atoms with van der Waals surface area (Å²) < 4.78 is 39.0. The number of thioether (sulfide) groups is 2. The average molecular weight is 1020 g/mol. The van der Waals surface area contributed by atoms with Crippen LogP contribution in [0.3, 0.4) is 0 Å². The Morgan fingerprint density at radius 3 is 1.93 bits per heavy atom. The summed E-state index contributed by atoms with van der Waals surface area (Å²) in [5.74, 6) is 0.276. The van der Waals surface area contributed by atoms with E-state index < -0.39 is 27.4 Å². The van der Waals surface area contributed by atoms with Crippen LogP contribution in [-0.4, -0.2) is 103 Å². The summed E-state index contributed by atoms with van der Waals surface area (Å²) in [6.07, 6.45) is 12.8. The van der Waals surface area contributed by atoms with Crippen molar-refractivity contribution in [1.29, 1.82) is 0 Å². The van der Waals surface area contributed by atoms with Gasteiger partial charge in [-0.05, 0) is 0 Å².